The first kappa shape index (κ1) is 16.4. The molecular weight excluding hydrogens is 318 g/mol. The molecule has 0 aliphatic carbocycles. The molecule has 25 heavy (non-hydrogen) atoms. The standard InChI is InChI=1S/C19H17N3O3/c23-18(12-21-19(24)25-13-14-5-2-1-3-6-14)22-16-8-9-17-15(11-16)7-4-10-20-17/h1-11H,12-13H2,(H,21,24)(H,22,23). The number of rotatable bonds is 5. The van der Waals surface area contributed by atoms with Crippen LogP contribution in [-0.2, 0) is 16.1 Å². The zero-order valence-electron chi connectivity index (χ0n) is 13.4. The van der Waals surface area contributed by atoms with E-state index in [1.165, 1.54) is 0 Å². The van der Waals surface area contributed by atoms with Crippen molar-refractivity contribution in [3.05, 3.63) is 72.4 Å². The SMILES string of the molecule is O=C(CNC(=O)OCc1ccccc1)Nc1ccc2ncccc2c1. The van der Waals surface area contributed by atoms with E-state index in [0.29, 0.717) is 5.69 Å². The van der Waals surface area contributed by atoms with Crippen molar-refractivity contribution in [1.29, 1.82) is 0 Å². The molecule has 0 aliphatic rings. The van der Waals surface area contributed by atoms with Crippen molar-refractivity contribution < 1.29 is 14.3 Å². The number of carbonyl (C=O) groups excluding carboxylic acids is 2. The van der Waals surface area contributed by atoms with Gasteiger partial charge in [0.25, 0.3) is 0 Å². The third-order valence-corrected chi connectivity index (χ3v) is 3.49. The molecule has 0 aliphatic heterocycles. The average Bonchev–Trinajstić information content (AvgIpc) is 2.65. The number of alkyl carbamates (subject to hydrolysis) is 1. The molecule has 1 heterocycles. The van der Waals surface area contributed by atoms with Crippen LogP contribution in [0.2, 0.25) is 0 Å². The van der Waals surface area contributed by atoms with Gasteiger partial charge in [-0.1, -0.05) is 36.4 Å². The smallest absolute Gasteiger partial charge is 0.407 e. The van der Waals surface area contributed by atoms with E-state index in [4.69, 9.17) is 4.74 Å². The van der Waals surface area contributed by atoms with Gasteiger partial charge in [-0.25, -0.2) is 4.79 Å². The van der Waals surface area contributed by atoms with Crippen LogP contribution >= 0.6 is 0 Å². The summed E-state index contributed by atoms with van der Waals surface area (Å²) in [5.74, 6) is -0.333. The molecule has 2 amide bonds. The Morgan fingerprint density at radius 1 is 1.00 bits per heavy atom. The Morgan fingerprint density at radius 3 is 2.68 bits per heavy atom. The number of benzene rings is 2. The number of aromatic nitrogens is 1. The van der Waals surface area contributed by atoms with Crippen molar-refractivity contribution in [2.75, 3.05) is 11.9 Å². The summed E-state index contributed by atoms with van der Waals surface area (Å²) in [6.07, 6.45) is 1.08. The van der Waals surface area contributed by atoms with Crippen LogP contribution in [0.15, 0.2) is 66.9 Å². The van der Waals surface area contributed by atoms with Gasteiger partial charge in [-0.2, -0.15) is 0 Å². The second kappa shape index (κ2) is 7.92. The fourth-order valence-corrected chi connectivity index (χ4v) is 2.29. The Morgan fingerprint density at radius 2 is 1.84 bits per heavy atom. The Labute approximate surface area is 144 Å². The molecule has 2 aromatic carbocycles. The minimum Gasteiger partial charge on any atom is -0.445 e. The van der Waals surface area contributed by atoms with Gasteiger partial charge in [0, 0.05) is 17.3 Å². The van der Waals surface area contributed by atoms with Crippen molar-refractivity contribution in [3.63, 3.8) is 0 Å². The van der Waals surface area contributed by atoms with E-state index in [1.54, 1.807) is 12.3 Å². The van der Waals surface area contributed by atoms with Crippen LogP contribution < -0.4 is 10.6 Å². The predicted octanol–water partition coefficient (Wildman–Crippen LogP) is 3.10. The predicted molar refractivity (Wildman–Crippen MR) is 95.0 cm³/mol. The molecule has 0 spiro atoms. The molecule has 3 aromatic rings. The minimum atomic E-state index is -0.637. The van der Waals surface area contributed by atoms with Crippen molar-refractivity contribution in [2.24, 2.45) is 0 Å². The van der Waals surface area contributed by atoms with Gasteiger partial charge < -0.3 is 15.4 Å². The highest BCUT2D eigenvalue weighted by atomic mass is 16.5. The van der Waals surface area contributed by atoms with Gasteiger partial charge in [0.15, 0.2) is 0 Å². The Balaban J connectivity index is 1.46. The summed E-state index contributed by atoms with van der Waals surface area (Å²) in [7, 11) is 0. The molecule has 0 atom stereocenters. The largest absolute Gasteiger partial charge is 0.445 e. The summed E-state index contributed by atoms with van der Waals surface area (Å²) in [4.78, 5) is 27.8. The lowest BCUT2D eigenvalue weighted by molar-refractivity contribution is -0.115. The first-order valence-electron chi connectivity index (χ1n) is 7.80. The van der Waals surface area contributed by atoms with Crippen LogP contribution in [0.5, 0.6) is 0 Å². The van der Waals surface area contributed by atoms with E-state index >= 15 is 0 Å². The normalized spacial score (nSPS) is 10.2. The number of pyridine rings is 1. The fourth-order valence-electron chi connectivity index (χ4n) is 2.29. The zero-order chi connectivity index (χ0) is 17.5. The second-order valence-electron chi connectivity index (χ2n) is 5.37. The minimum absolute atomic E-state index is 0.159. The Bertz CT molecular complexity index is 881. The van der Waals surface area contributed by atoms with E-state index in [0.717, 1.165) is 16.5 Å². The number of hydrogen-bond acceptors (Lipinski definition) is 4. The number of anilines is 1. The maximum absolute atomic E-state index is 11.9. The van der Waals surface area contributed by atoms with Gasteiger partial charge in [-0.05, 0) is 29.8 Å². The maximum Gasteiger partial charge on any atom is 0.407 e. The number of fused-ring (bicyclic) bond motifs is 1. The Hall–Kier alpha value is -3.41. The molecule has 0 unspecified atom stereocenters. The number of nitrogens with zero attached hydrogens (tertiary/aromatic N) is 1. The highest BCUT2D eigenvalue weighted by molar-refractivity contribution is 5.95. The number of carbonyl (C=O) groups is 2. The summed E-state index contributed by atoms with van der Waals surface area (Å²) < 4.78 is 5.05. The van der Waals surface area contributed by atoms with E-state index in [2.05, 4.69) is 15.6 Å². The number of amides is 2. The highest BCUT2D eigenvalue weighted by Crippen LogP contribution is 2.16. The Kier molecular flexibility index (Phi) is 5.21. The summed E-state index contributed by atoms with van der Waals surface area (Å²) in [5.41, 5.74) is 2.37. The monoisotopic (exact) mass is 335 g/mol. The molecule has 126 valence electrons. The molecule has 0 saturated heterocycles. The molecule has 6 nitrogen and oxygen atoms in total. The van der Waals surface area contributed by atoms with Crippen molar-refractivity contribution in [3.8, 4) is 0 Å². The van der Waals surface area contributed by atoms with E-state index in [9.17, 15) is 9.59 Å². The zero-order valence-corrected chi connectivity index (χ0v) is 13.4. The molecule has 0 radical (unpaired) electrons. The lowest BCUT2D eigenvalue weighted by atomic mass is 10.2. The molecule has 0 fully saturated rings. The number of hydrogen-bond donors (Lipinski definition) is 2. The molecule has 0 bridgehead atoms. The van der Waals surface area contributed by atoms with Crippen LogP contribution in [0.3, 0.4) is 0 Å². The van der Waals surface area contributed by atoms with E-state index < -0.39 is 6.09 Å². The second-order valence-corrected chi connectivity index (χ2v) is 5.37. The van der Waals surface area contributed by atoms with Crippen LogP contribution in [-0.4, -0.2) is 23.5 Å². The molecule has 1 aromatic heterocycles. The van der Waals surface area contributed by atoms with Gasteiger partial charge in [0.2, 0.25) is 5.91 Å². The summed E-state index contributed by atoms with van der Waals surface area (Å²) >= 11 is 0. The van der Waals surface area contributed by atoms with Crippen LogP contribution in [0, 0.1) is 0 Å². The first-order valence-corrected chi connectivity index (χ1v) is 7.80. The highest BCUT2D eigenvalue weighted by Gasteiger charge is 2.07. The van der Waals surface area contributed by atoms with Crippen molar-refractivity contribution in [1.82, 2.24) is 10.3 Å². The molecular formula is C19H17N3O3. The van der Waals surface area contributed by atoms with Crippen LogP contribution in [0.4, 0.5) is 10.5 Å². The molecule has 3 rings (SSSR count). The van der Waals surface area contributed by atoms with Gasteiger partial charge >= 0.3 is 6.09 Å². The summed E-state index contributed by atoms with van der Waals surface area (Å²) in [5, 5.41) is 6.08. The van der Waals surface area contributed by atoms with Crippen molar-refractivity contribution in [2.45, 2.75) is 6.61 Å². The average molecular weight is 335 g/mol. The quantitative estimate of drug-likeness (QED) is 0.751. The van der Waals surface area contributed by atoms with Crippen LogP contribution in [0.1, 0.15) is 5.56 Å². The third kappa shape index (κ3) is 4.78. The summed E-state index contributed by atoms with van der Waals surface area (Å²) in [6, 6.07) is 18.5. The van der Waals surface area contributed by atoms with Crippen molar-refractivity contribution >= 4 is 28.6 Å². The first-order chi connectivity index (χ1) is 12.2. The fraction of sp³-hybridized carbons (Fsp3) is 0.105. The molecule has 6 heteroatoms. The summed E-state index contributed by atoms with van der Waals surface area (Å²) in [6.45, 7) is -0.00926. The van der Waals surface area contributed by atoms with E-state index in [1.807, 2.05) is 54.6 Å². The number of ether oxygens (including phenoxy) is 1. The van der Waals surface area contributed by atoms with Gasteiger partial charge in [0.05, 0.1) is 5.52 Å². The van der Waals surface area contributed by atoms with Gasteiger partial charge in [0.1, 0.15) is 13.2 Å². The van der Waals surface area contributed by atoms with Crippen LogP contribution in [0.25, 0.3) is 10.9 Å². The molecule has 0 saturated carbocycles. The van der Waals surface area contributed by atoms with E-state index in [-0.39, 0.29) is 19.1 Å². The lowest BCUT2D eigenvalue weighted by Crippen LogP contribution is -2.33. The van der Waals surface area contributed by atoms with Gasteiger partial charge in [-0.3, -0.25) is 9.78 Å². The third-order valence-electron chi connectivity index (χ3n) is 3.49. The number of nitrogens with one attached hydrogen (secondary N) is 2. The topological polar surface area (TPSA) is 80.3 Å². The maximum atomic E-state index is 11.9. The van der Waals surface area contributed by atoms with Gasteiger partial charge in [-0.15, -0.1) is 0 Å². The lowest BCUT2D eigenvalue weighted by Gasteiger charge is -2.08. The molecule has 2 N–H and O–H groups in total.